The fourth-order valence-electron chi connectivity index (χ4n) is 6.83. The number of furan rings is 1. The molecule has 9 rings (SSSR count). The van der Waals surface area contributed by atoms with E-state index in [0.717, 1.165) is 56.2 Å². The highest BCUT2D eigenvalue weighted by molar-refractivity contribution is 6.13. The Morgan fingerprint density at radius 1 is 0.469 bits per heavy atom. The van der Waals surface area contributed by atoms with Crippen LogP contribution < -0.4 is 0 Å². The topological polar surface area (TPSA) is 64.7 Å². The summed E-state index contributed by atoms with van der Waals surface area (Å²) in [4.78, 5) is 19.5. The standard InChI is InChI=1S/C44H30N4O/c1-2-28-27-45-24-23-33(28)36-22-21-32(34-17-9-10-18-35(34)36)31-25-38-37-19-11-12-20-40(37)49-41(38)39(26-31)44-47-42(29-13-5-3-6-14-29)46-43(48-44)30-15-7-4-8-16-30/h3-27H,2H2,1H3. The molecule has 0 fully saturated rings. The SMILES string of the molecule is CCc1cnccc1-c1ccc(-c2cc(-c3nc(-c4ccccc4)nc(-c4ccccc4)n3)c3oc4ccccc4c3c2)c2ccccc12. The minimum atomic E-state index is 0.559. The maximum absolute atomic E-state index is 6.60. The number of para-hydroxylation sites is 1. The largest absolute Gasteiger partial charge is 0.455 e. The van der Waals surface area contributed by atoms with Crippen LogP contribution in [-0.4, -0.2) is 19.9 Å². The molecule has 0 radical (unpaired) electrons. The van der Waals surface area contributed by atoms with E-state index in [0.29, 0.717) is 17.5 Å². The van der Waals surface area contributed by atoms with Crippen LogP contribution >= 0.6 is 0 Å². The fourth-order valence-corrected chi connectivity index (χ4v) is 6.83. The zero-order valence-electron chi connectivity index (χ0n) is 26.8. The lowest BCUT2D eigenvalue weighted by Crippen LogP contribution is -2.00. The van der Waals surface area contributed by atoms with E-state index in [1.165, 1.54) is 27.5 Å². The molecule has 0 aliphatic rings. The second-order valence-corrected chi connectivity index (χ2v) is 12.1. The van der Waals surface area contributed by atoms with Gasteiger partial charge in [0.15, 0.2) is 17.5 Å². The predicted molar refractivity (Wildman–Crippen MR) is 199 cm³/mol. The number of pyridine rings is 1. The third kappa shape index (κ3) is 5.04. The first-order valence-electron chi connectivity index (χ1n) is 16.5. The molecule has 0 aliphatic heterocycles. The Morgan fingerprint density at radius 2 is 1.06 bits per heavy atom. The van der Waals surface area contributed by atoms with Crippen molar-refractivity contribution in [1.82, 2.24) is 19.9 Å². The van der Waals surface area contributed by atoms with Gasteiger partial charge in [-0.3, -0.25) is 4.98 Å². The second-order valence-electron chi connectivity index (χ2n) is 12.1. The second kappa shape index (κ2) is 12.0. The molecule has 0 N–H and O–H groups in total. The molecular formula is C44H30N4O. The molecule has 0 spiro atoms. The van der Waals surface area contributed by atoms with Crippen LogP contribution in [-0.2, 0) is 6.42 Å². The number of rotatable bonds is 6. The Labute approximate surface area is 283 Å². The summed E-state index contributed by atoms with van der Waals surface area (Å²) in [5.41, 5.74) is 10.1. The van der Waals surface area contributed by atoms with Crippen molar-refractivity contribution in [2.24, 2.45) is 0 Å². The van der Waals surface area contributed by atoms with Crippen LogP contribution in [0.4, 0.5) is 0 Å². The highest BCUT2D eigenvalue weighted by atomic mass is 16.3. The minimum Gasteiger partial charge on any atom is -0.455 e. The first-order chi connectivity index (χ1) is 24.2. The number of nitrogens with zero attached hydrogens (tertiary/aromatic N) is 4. The molecule has 0 atom stereocenters. The monoisotopic (exact) mass is 630 g/mol. The minimum absolute atomic E-state index is 0.559. The highest BCUT2D eigenvalue weighted by Crippen LogP contribution is 2.42. The number of aryl methyl sites for hydroxylation is 1. The molecule has 0 unspecified atom stereocenters. The molecule has 5 nitrogen and oxygen atoms in total. The average Bonchev–Trinajstić information content (AvgIpc) is 3.56. The average molecular weight is 631 g/mol. The predicted octanol–water partition coefficient (Wildman–Crippen LogP) is 11.2. The van der Waals surface area contributed by atoms with Crippen LogP contribution in [0.15, 0.2) is 156 Å². The van der Waals surface area contributed by atoms with Crippen molar-refractivity contribution in [3.05, 3.63) is 157 Å². The van der Waals surface area contributed by atoms with E-state index in [-0.39, 0.29) is 0 Å². The summed E-state index contributed by atoms with van der Waals surface area (Å²) in [7, 11) is 0. The van der Waals surface area contributed by atoms with Gasteiger partial charge in [-0.15, -0.1) is 0 Å². The van der Waals surface area contributed by atoms with Crippen LogP contribution in [0.25, 0.3) is 89.1 Å². The molecule has 232 valence electrons. The Kier molecular flexibility index (Phi) is 7.02. The van der Waals surface area contributed by atoms with Gasteiger partial charge in [-0.1, -0.05) is 122 Å². The molecule has 49 heavy (non-hydrogen) atoms. The van der Waals surface area contributed by atoms with Crippen molar-refractivity contribution in [3.8, 4) is 56.4 Å². The van der Waals surface area contributed by atoms with Crippen LogP contribution in [0.3, 0.4) is 0 Å². The van der Waals surface area contributed by atoms with Gasteiger partial charge in [-0.25, -0.2) is 15.0 Å². The molecule has 3 aromatic heterocycles. The van der Waals surface area contributed by atoms with Gasteiger partial charge in [-0.05, 0) is 69.3 Å². The summed E-state index contributed by atoms with van der Waals surface area (Å²) in [6.07, 6.45) is 4.77. The van der Waals surface area contributed by atoms with Crippen LogP contribution in [0.2, 0.25) is 0 Å². The van der Waals surface area contributed by atoms with Crippen LogP contribution in [0.1, 0.15) is 12.5 Å². The molecule has 5 heteroatoms. The van der Waals surface area contributed by atoms with Gasteiger partial charge in [0, 0.05) is 34.3 Å². The van der Waals surface area contributed by atoms with Crippen LogP contribution in [0, 0.1) is 0 Å². The molecule has 0 saturated heterocycles. The number of aromatic nitrogens is 4. The Balaban J connectivity index is 1.33. The molecule has 0 aliphatic carbocycles. The number of benzene rings is 6. The van der Waals surface area contributed by atoms with Gasteiger partial charge < -0.3 is 4.42 Å². The summed E-state index contributed by atoms with van der Waals surface area (Å²) < 4.78 is 6.60. The lowest BCUT2D eigenvalue weighted by Gasteiger charge is -2.15. The third-order valence-electron chi connectivity index (χ3n) is 9.23. The summed E-state index contributed by atoms with van der Waals surface area (Å²) in [6, 6.07) is 48.0. The molecule has 0 saturated carbocycles. The van der Waals surface area contributed by atoms with Gasteiger partial charge >= 0.3 is 0 Å². The van der Waals surface area contributed by atoms with E-state index in [1.807, 2.05) is 85.2 Å². The quantitative estimate of drug-likeness (QED) is 0.183. The Bertz CT molecular complexity index is 2590. The van der Waals surface area contributed by atoms with Crippen molar-refractivity contribution >= 4 is 32.7 Å². The number of hydrogen-bond donors (Lipinski definition) is 0. The van der Waals surface area contributed by atoms with Gasteiger partial charge in [0.1, 0.15) is 11.2 Å². The van der Waals surface area contributed by atoms with Crippen molar-refractivity contribution in [2.75, 3.05) is 0 Å². The van der Waals surface area contributed by atoms with Crippen molar-refractivity contribution in [1.29, 1.82) is 0 Å². The molecule has 0 amide bonds. The normalized spacial score (nSPS) is 11.4. The van der Waals surface area contributed by atoms with Crippen LogP contribution in [0.5, 0.6) is 0 Å². The number of hydrogen-bond acceptors (Lipinski definition) is 5. The maximum atomic E-state index is 6.60. The van der Waals surface area contributed by atoms with Crippen molar-refractivity contribution in [3.63, 3.8) is 0 Å². The van der Waals surface area contributed by atoms with Gasteiger partial charge in [0.25, 0.3) is 0 Å². The first kappa shape index (κ1) is 28.7. The van der Waals surface area contributed by atoms with E-state index in [4.69, 9.17) is 19.4 Å². The zero-order valence-corrected chi connectivity index (χ0v) is 26.8. The summed E-state index contributed by atoms with van der Waals surface area (Å²) in [5.74, 6) is 1.78. The van der Waals surface area contributed by atoms with E-state index < -0.39 is 0 Å². The van der Waals surface area contributed by atoms with Gasteiger partial charge in [-0.2, -0.15) is 0 Å². The first-order valence-corrected chi connectivity index (χ1v) is 16.5. The highest BCUT2D eigenvalue weighted by Gasteiger charge is 2.21. The molecular weight excluding hydrogens is 601 g/mol. The van der Waals surface area contributed by atoms with Gasteiger partial charge in [0.05, 0.1) is 5.56 Å². The third-order valence-corrected chi connectivity index (χ3v) is 9.23. The fraction of sp³-hybridized carbons (Fsp3) is 0.0455. The number of fused-ring (bicyclic) bond motifs is 4. The Hall–Kier alpha value is -6.46. The molecule has 3 heterocycles. The van der Waals surface area contributed by atoms with Crippen molar-refractivity contribution in [2.45, 2.75) is 13.3 Å². The lowest BCUT2D eigenvalue weighted by atomic mass is 9.89. The van der Waals surface area contributed by atoms with Gasteiger partial charge in [0.2, 0.25) is 0 Å². The Morgan fingerprint density at radius 3 is 1.76 bits per heavy atom. The van der Waals surface area contributed by atoms with E-state index in [2.05, 4.69) is 78.6 Å². The van der Waals surface area contributed by atoms with Crippen molar-refractivity contribution < 1.29 is 4.42 Å². The summed E-state index contributed by atoms with van der Waals surface area (Å²) in [5, 5.41) is 4.42. The van der Waals surface area contributed by atoms with E-state index in [1.54, 1.807) is 0 Å². The summed E-state index contributed by atoms with van der Waals surface area (Å²) >= 11 is 0. The molecule has 0 bridgehead atoms. The van der Waals surface area contributed by atoms with E-state index in [9.17, 15) is 0 Å². The smallest absolute Gasteiger partial charge is 0.167 e. The molecule has 6 aromatic carbocycles. The molecule has 9 aromatic rings. The lowest BCUT2D eigenvalue weighted by molar-refractivity contribution is 0.669. The zero-order chi connectivity index (χ0) is 32.7. The maximum Gasteiger partial charge on any atom is 0.167 e. The summed E-state index contributed by atoms with van der Waals surface area (Å²) in [6.45, 7) is 2.18. The van der Waals surface area contributed by atoms with E-state index >= 15 is 0 Å².